The number of carbonyl (C=O) groups excluding carboxylic acids is 1. The highest BCUT2D eigenvalue weighted by Gasteiger charge is 2.09. The van der Waals surface area contributed by atoms with Gasteiger partial charge in [-0.2, -0.15) is 0 Å². The number of carbonyl (C=O) groups is 1. The zero-order chi connectivity index (χ0) is 14.0. The maximum absolute atomic E-state index is 11.3. The summed E-state index contributed by atoms with van der Waals surface area (Å²) < 4.78 is 22.6. The monoisotopic (exact) mass is 276 g/mol. The molecule has 0 aliphatic heterocycles. The third-order valence-corrected chi connectivity index (χ3v) is 3.58. The van der Waals surface area contributed by atoms with Crippen LogP contribution < -0.4 is 10.9 Å². The van der Waals surface area contributed by atoms with Crippen molar-refractivity contribution in [1.29, 1.82) is 0 Å². The molecule has 2 aromatic carbocycles. The maximum Gasteiger partial charge on any atom is 0.248 e. The van der Waals surface area contributed by atoms with Crippen molar-refractivity contribution in [1.82, 2.24) is 0 Å². The van der Waals surface area contributed by atoms with Crippen LogP contribution in [0.15, 0.2) is 53.4 Å². The number of sulfonamides is 1. The van der Waals surface area contributed by atoms with Gasteiger partial charge in [0.2, 0.25) is 15.9 Å². The average Bonchev–Trinajstić information content (AvgIpc) is 2.38. The van der Waals surface area contributed by atoms with Gasteiger partial charge >= 0.3 is 0 Å². The maximum atomic E-state index is 11.3. The van der Waals surface area contributed by atoms with E-state index in [4.69, 9.17) is 10.9 Å². The highest BCUT2D eigenvalue weighted by Crippen LogP contribution is 2.22. The van der Waals surface area contributed by atoms with Crippen molar-refractivity contribution >= 4 is 15.9 Å². The average molecular weight is 276 g/mol. The van der Waals surface area contributed by atoms with E-state index in [1.54, 1.807) is 36.4 Å². The summed E-state index contributed by atoms with van der Waals surface area (Å²) in [5.74, 6) is -0.509. The summed E-state index contributed by atoms with van der Waals surface area (Å²) >= 11 is 0. The minimum Gasteiger partial charge on any atom is -0.366 e. The third kappa shape index (κ3) is 2.98. The minimum absolute atomic E-state index is 0.0453. The van der Waals surface area contributed by atoms with E-state index in [1.807, 2.05) is 0 Å². The normalized spacial score (nSPS) is 11.2. The Balaban J connectivity index is 2.45. The fraction of sp³-hybridized carbons (Fsp3) is 0. The topological polar surface area (TPSA) is 103 Å². The Kier molecular flexibility index (Phi) is 3.37. The first-order valence-corrected chi connectivity index (χ1v) is 6.96. The first kappa shape index (κ1) is 13.3. The van der Waals surface area contributed by atoms with Gasteiger partial charge in [0.15, 0.2) is 0 Å². The van der Waals surface area contributed by atoms with Gasteiger partial charge in [0.25, 0.3) is 0 Å². The molecule has 5 nitrogen and oxygen atoms in total. The Labute approximate surface area is 110 Å². The smallest absolute Gasteiger partial charge is 0.248 e. The molecule has 0 saturated carbocycles. The van der Waals surface area contributed by atoms with Crippen molar-refractivity contribution < 1.29 is 13.2 Å². The van der Waals surface area contributed by atoms with E-state index in [9.17, 15) is 13.2 Å². The van der Waals surface area contributed by atoms with Crippen LogP contribution in [0.2, 0.25) is 0 Å². The molecule has 0 aromatic heterocycles. The predicted molar refractivity (Wildman–Crippen MR) is 71.8 cm³/mol. The van der Waals surface area contributed by atoms with E-state index >= 15 is 0 Å². The van der Waals surface area contributed by atoms with E-state index in [2.05, 4.69) is 0 Å². The summed E-state index contributed by atoms with van der Waals surface area (Å²) in [4.78, 5) is 11.0. The number of hydrogen-bond acceptors (Lipinski definition) is 3. The summed E-state index contributed by atoms with van der Waals surface area (Å²) in [7, 11) is -3.73. The second kappa shape index (κ2) is 4.83. The molecule has 98 valence electrons. The van der Waals surface area contributed by atoms with Gasteiger partial charge in [0.1, 0.15) is 0 Å². The van der Waals surface area contributed by atoms with Gasteiger partial charge < -0.3 is 5.73 Å². The molecule has 2 aromatic rings. The molecule has 19 heavy (non-hydrogen) atoms. The largest absolute Gasteiger partial charge is 0.366 e. The summed E-state index contributed by atoms with van der Waals surface area (Å²) in [6.07, 6.45) is 0. The Morgan fingerprint density at radius 2 is 1.58 bits per heavy atom. The van der Waals surface area contributed by atoms with E-state index in [0.717, 1.165) is 5.56 Å². The summed E-state index contributed by atoms with van der Waals surface area (Å²) in [5.41, 5.74) is 7.01. The number of hydrogen-bond donors (Lipinski definition) is 2. The standard InChI is InChI=1S/C13H12N2O3S/c14-13(16)10-6-4-9(5-7-10)11-2-1-3-12(8-11)19(15,17)18/h1-8H,(H2,14,16)(H2,15,17,18). The number of rotatable bonds is 3. The molecule has 6 heteroatoms. The van der Waals surface area contributed by atoms with Gasteiger partial charge in [0, 0.05) is 5.56 Å². The van der Waals surface area contributed by atoms with E-state index < -0.39 is 15.9 Å². The van der Waals surface area contributed by atoms with Crippen LogP contribution in [0.25, 0.3) is 11.1 Å². The molecule has 1 amide bonds. The molecule has 0 bridgehead atoms. The highest BCUT2D eigenvalue weighted by atomic mass is 32.2. The first-order valence-electron chi connectivity index (χ1n) is 5.41. The molecule has 0 atom stereocenters. The number of primary amides is 1. The fourth-order valence-electron chi connectivity index (χ4n) is 1.68. The van der Waals surface area contributed by atoms with Gasteiger partial charge in [-0.05, 0) is 35.4 Å². The zero-order valence-electron chi connectivity index (χ0n) is 9.91. The Morgan fingerprint density at radius 1 is 0.947 bits per heavy atom. The lowest BCUT2D eigenvalue weighted by Gasteiger charge is -2.05. The molecule has 2 rings (SSSR count). The van der Waals surface area contributed by atoms with Gasteiger partial charge in [-0.25, -0.2) is 13.6 Å². The van der Waals surface area contributed by atoms with Gasteiger partial charge in [-0.15, -0.1) is 0 Å². The lowest BCUT2D eigenvalue weighted by molar-refractivity contribution is 0.100. The molecule has 0 aliphatic rings. The number of amides is 1. The van der Waals surface area contributed by atoms with Crippen LogP contribution in [0.4, 0.5) is 0 Å². The van der Waals surface area contributed by atoms with Gasteiger partial charge in [-0.3, -0.25) is 4.79 Å². The van der Waals surface area contributed by atoms with Crippen LogP contribution in [0.3, 0.4) is 0 Å². The van der Waals surface area contributed by atoms with Gasteiger partial charge in [0.05, 0.1) is 4.90 Å². The van der Waals surface area contributed by atoms with Crippen LogP contribution >= 0.6 is 0 Å². The summed E-state index contributed by atoms with van der Waals surface area (Å²) in [6, 6.07) is 12.8. The fourth-order valence-corrected chi connectivity index (χ4v) is 2.24. The molecule has 0 aliphatic carbocycles. The Morgan fingerprint density at radius 3 is 2.11 bits per heavy atom. The SMILES string of the molecule is NC(=O)c1ccc(-c2cccc(S(N)(=O)=O)c2)cc1. The zero-order valence-corrected chi connectivity index (χ0v) is 10.7. The molecule has 0 fully saturated rings. The van der Waals surface area contributed by atoms with Crippen molar-refractivity contribution in [3.63, 3.8) is 0 Å². The summed E-state index contributed by atoms with van der Waals surface area (Å²) in [5, 5.41) is 5.08. The molecule has 0 spiro atoms. The molecule has 4 N–H and O–H groups in total. The summed E-state index contributed by atoms with van der Waals surface area (Å²) in [6.45, 7) is 0. The van der Waals surface area contributed by atoms with E-state index in [1.165, 1.54) is 12.1 Å². The quantitative estimate of drug-likeness (QED) is 0.877. The predicted octanol–water partition coefficient (Wildman–Crippen LogP) is 1.10. The lowest BCUT2D eigenvalue weighted by atomic mass is 10.0. The number of primary sulfonamides is 1. The molecular weight excluding hydrogens is 264 g/mol. The second-order valence-electron chi connectivity index (χ2n) is 4.01. The van der Waals surface area contributed by atoms with Crippen LogP contribution in [-0.4, -0.2) is 14.3 Å². The van der Waals surface area contributed by atoms with Crippen LogP contribution in [-0.2, 0) is 10.0 Å². The molecule has 0 unspecified atom stereocenters. The highest BCUT2D eigenvalue weighted by molar-refractivity contribution is 7.89. The van der Waals surface area contributed by atoms with Crippen LogP contribution in [0.5, 0.6) is 0 Å². The van der Waals surface area contributed by atoms with Crippen LogP contribution in [0, 0.1) is 0 Å². The van der Waals surface area contributed by atoms with Gasteiger partial charge in [-0.1, -0.05) is 24.3 Å². The van der Waals surface area contributed by atoms with Crippen molar-refractivity contribution in [2.24, 2.45) is 10.9 Å². The molecule has 0 radical (unpaired) electrons. The first-order chi connectivity index (χ1) is 8.88. The number of nitrogens with two attached hydrogens (primary N) is 2. The van der Waals surface area contributed by atoms with Crippen LogP contribution in [0.1, 0.15) is 10.4 Å². The van der Waals surface area contributed by atoms with Crippen molar-refractivity contribution in [2.75, 3.05) is 0 Å². The van der Waals surface area contributed by atoms with Crippen molar-refractivity contribution in [3.05, 3.63) is 54.1 Å². The molecule has 0 heterocycles. The van der Waals surface area contributed by atoms with Crippen molar-refractivity contribution in [2.45, 2.75) is 4.90 Å². The van der Waals surface area contributed by atoms with E-state index in [0.29, 0.717) is 11.1 Å². The van der Waals surface area contributed by atoms with Crippen molar-refractivity contribution in [3.8, 4) is 11.1 Å². The minimum atomic E-state index is -3.73. The second-order valence-corrected chi connectivity index (χ2v) is 5.58. The number of benzene rings is 2. The van der Waals surface area contributed by atoms with E-state index in [-0.39, 0.29) is 4.90 Å². The molecular formula is C13H12N2O3S. The lowest BCUT2D eigenvalue weighted by Crippen LogP contribution is -2.12. The Hall–Kier alpha value is -2.18. The third-order valence-electron chi connectivity index (χ3n) is 2.67. The Bertz CT molecular complexity index is 722. The molecule has 0 saturated heterocycles.